The second-order valence-electron chi connectivity index (χ2n) is 8.28. The number of hydrogen-bond donors (Lipinski definition) is 0. The lowest BCUT2D eigenvalue weighted by Crippen LogP contribution is -2.34. The van der Waals surface area contributed by atoms with Crippen molar-refractivity contribution >= 4 is 6.01 Å². The van der Waals surface area contributed by atoms with Gasteiger partial charge in [0.05, 0.1) is 6.61 Å². The zero-order chi connectivity index (χ0) is 23.2. The number of nitrogens with zero attached hydrogens (tertiary/aromatic N) is 5. The summed E-state index contributed by atoms with van der Waals surface area (Å²) in [6.07, 6.45) is 6.18. The largest absolute Gasteiger partial charge is 0.493 e. The summed E-state index contributed by atoms with van der Waals surface area (Å²) in [5.74, 6) is 0.0753. The van der Waals surface area contributed by atoms with Crippen molar-refractivity contribution in [3.05, 3.63) is 35.5 Å². The quantitative estimate of drug-likeness (QED) is 0.390. The topological polar surface area (TPSA) is 90.3 Å². The van der Waals surface area contributed by atoms with E-state index in [0.717, 1.165) is 69.6 Å². The number of rotatable bonds is 10. The van der Waals surface area contributed by atoms with Gasteiger partial charge in [0.15, 0.2) is 5.82 Å². The number of benzene rings is 1. The number of piperidine rings is 1. The number of ether oxygens (including phenoxy) is 1. The van der Waals surface area contributed by atoms with Gasteiger partial charge < -0.3 is 18.6 Å². The Morgan fingerprint density at radius 3 is 2.55 bits per heavy atom. The van der Waals surface area contributed by atoms with Gasteiger partial charge in [0, 0.05) is 38.1 Å². The molecule has 0 N–H and O–H groups in total. The molecule has 1 fully saturated rings. The lowest BCUT2D eigenvalue weighted by Gasteiger charge is -2.30. The van der Waals surface area contributed by atoms with Gasteiger partial charge in [-0.1, -0.05) is 19.0 Å². The van der Waals surface area contributed by atoms with Crippen LogP contribution < -0.4 is 9.64 Å². The molecule has 33 heavy (non-hydrogen) atoms. The van der Waals surface area contributed by atoms with Gasteiger partial charge in [0.2, 0.25) is 5.89 Å². The Morgan fingerprint density at radius 2 is 1.88 bits per heavy atom. The van der Waals surface area contributed by atoms with Crippen molar-refractivity contribution in [1.82, 2.24) is 20.3 Å². The molecule has 0 aliphatic carbocycles. The van der Waals surface area contributed by atoms with Crippen LogP contribution in [0.2, 0.25) is 0 Å². The average Bonchev–Trinajstić information content (AvgIpc) is 3.47. The Hall–Kier alpha value is -3.04. The molecule has 0 atom stereocenters. The van der Waals surface area contributed by atoms with Gasteiger partial charge >= 0.3 is 6.01 Å². The lowest BCUT2D eigenvalue weighted by atomic mass is 9.92. The normalized spacial score (nSPS) is 14.7. The first-order chi connectivity index (χ1) is 16.1. The number of anilines is 1. The molecule has 3 aromatic rings. The fraction of sp³-hybridized carbons (Fsp3) is 0.565. The molecule has 0 bridgehead atoms. The van der Waals surface area contributed by atoms with Crippen molar-refractivity contribution in [3.63, 3.8) is 0 Å². The Kier molecular flexibility index (Phi) is 7.51. The summed E-state index contributed by atoms with van der Waals surface area (Å²) >= 11 is 0. The zero-order valence-corrected chi connectivity index (χ0v) is 19.0. The van der Waals surface area contributed by atoms with Crippen LogP contribution in [-0.4, -0.2) is 40.0 Å². The smallest absolute Gasteiger partial charge is 0.324 e. The second-order valence-corrected chi connectivity index (χ2v) is 8.28. The monoisotopic (exact) mass is 461 g/mol. The van der Waals surface area contributed by atoms with Gasteiger partial charge in [-0.2, -0.15) is 4.98 Å². The van der Waals surface area contributed by atoms with E-state index in [-0.39, 0.29) is 17.2 Å². The minimum absolute atomic E-state index is 0.151. The molecule has 0 unspecified atom stereocenters. The van der Waals surface area contributed by atoms with Crippen molar-refractivity contribution in [3.8, 4) is 17.2 Å². The molecule has 3 heterocycles. The van der Waals surface area contributed by atoms with E-state index >= 15 is 0 Å². The second kappa shape index (κ2) is 10.7. The summed E-state index contributed by atoms with van der Waals surface area (Å²) in [5, 5.41) is 11.5. The lowest BCUT2D eigenvalue weighted by molar-refractivity contribution is 0.274. The van der Waals surface area contributed by atoms with Gasteiger partial charge in [-0.15, -0.1) is 10.2 Å². The van der Waals surface area contributed by atoms with E-state index in [2.05, 4.69) is 32.2 Å². The molecule has 1 aromatic carbocycles. The Bertz CT molecular complexity index is 1020. The van der Waals surface area contributed by atoms with Crippen molar-refractivity contribution in [1.29, 1.82) is 0 Å². The standard InChI is InChI=1S/C23H29F2N5O3/c1-3-6-19-26-23(33-29-19)30-10-8-15(9-11-30)7-5-12-31-16-13-17(24)21(18(25)14-16)22-28-27-20(4-2)32-22/h13-15H,3-12H2,1-2H3. The number of aromatic nitrogens is 4. The van der Waals surface area contributed by atoms with E-state index < -0.39 is 11.6 Å². The predicted octanol–water partition coefficient (Wildman–Crippen LogP) is 4.99. The summed E-state index contributed by atoms with van der Waals surface area (Å²) in [5.41, 5.74) is -0.329. The van der Waals surface area contributed by atoms with E-state index in [0.29, 0.717) is 30.9 Å². The van der Waals surface area contributed by atoms with Crippen molar-refractivity contribution in [2.24, 2.45) is 5.92 Å². The van der Waals surface area contributed by atoms with Crippen LogP contribution in [0, 0.1) is 17.6 Å². The summed E-state index contributed by atoms with van der Waals surface area (Å²) in [6.45, 7) is 6.06. The van der Waals surface area contributed by atoms with Crippen molar-refractivity contribution < 1.29 is 22.5 Å². The first-order valence-electron chi connectivity index (χ1n) is 11.6. The van der Waals surface area contributed by atoms with Gasteiger partial charge in [0.25, 0.3) is 5.89 Å². The van der Waals surface area contributed by atoms with Crippen LogP contribution in [0.4, 0.5) is 14.8 Å². The van der Waals surface area contributed by atoms with Crippen LogP contribution in [0.5, 0.6) is 5.75 Å². The molecule has 1 saturated heterocycles. The molecule has 2 aromatic heterocycles. The molecule has 1 aliphatic rings. The maximum Gasteiger partial charge on any atom is 0.324 e. The van der Waals surface area contributed by atoms with Gasteiger partial charge in [-0.25, -0.2) is 8.78 Å². The van der Waals surface area contributed by atoms with Crippen LogP contribution in [0.3, 0.4) is 0 Å². The minimum Gasteiger partial charge on any atom is -0.493 e. The van der Waals surface area contributed by atoms with Gasteiger partial charge in [-0.3, -0.25) is 0 Å². The maximum absolute atomic E-state index is 14.5. The molecular formula is C23H29F2N5O3. The SMILES string of the molecule is CCCc1noc(N2CCC(CCCOc3cc(F)c(-c4nnc(CC)o4)c(F)c3)CC2)n1. The van der Waals surface area contributed by atoms with E-state index in [9.17, 15) is 8.78 Å². The first kappa shape index (κ1) is 23.1. The molecule has 4 rings (SSSR count). The predicted molar refractivity (Wildman–Crippen MR) is 117 cm³/mol. The van der Waals surface area contributed by atoms with Crippen LogP contribution in [0.1, 0.15) is 57.7 Å². The highest BCUT2D eigenvalue weighted by Crippen LogP contribution is 2.30. The number of halogens is 2. The highest BCUT2D eigenvalue weighted by atomic mass is 19.1. The molecule has 0 saturated carbocycles. The van der Waals surface area contributed by atoms with E-state index in [1.165, 1.54) is 0 Å². The third-order valence-corrected chi connectivity index (χ3v) is 5.84. The molecule has 0 spiro atoms. The zero-order valence-electron chi connectivity index (χ0n) is 19.0. The van der Waals surface area contributed by atoms with Gasteiger partial charge in [-0.05, 0) is 38.0 Å². The summed E-state index contributed by atoms with van der Waals surface area (Å²) in [6, 6.07) is 2.92. The number of aryl methyl sites for hydroxylation is 2. The van der Waals surface area contributed by atoms with Crippen LogP contribution >= 0.6 is 0 Å². The average molecular weight is 462 g/mol. The third-order valence-electron chi connectivity index (χ3n) is 5.84. The third kappa shape index (κ3) is 5.66. The van der Waals surface area contributed by atoms with Crippen molar-refractivity contribution in [2.45, 2.75) is 58.8 Å². The Morgan fingerprint density at radius 1 is 1.12 bits per heavy atom. The molecule has 178 valence electrons. The summed E-state index contributed by atoms with van der Waals surface area (Å²) in [7, 11) is 0. The van der Waals surface area contributed by atoms with E-state index in [1.807, 2.05) is 6.92 Å². The molecular weight excluding hydrogens is 432 g/mol. The Labute approximate surface area is 191 Å². The van der Waals surface area contributed by atoms with Gasteiger partial charge in [0.1, 0.15) is 22.9 Å². The molecule has 10 heteroatoms. The van der Waals surface area contributed by atoms with Crippen LogP contribution in [0.25, 0.3) is 11.5 Å². The Balaban J connectivity index is 1.22. The van der Waals surface area contributed by atoms with E-state index in [4.69, 9.17) is 13.7 Å². The molecule has 1 aliphatic heterocycles. The summed E-state index contributed by atoms with van der Waals surface area (Å²) in [4.78, 5) is 6.59. The number of hydrogen-bond acceptors (Lipinski definition) is 8. The first-order valence-corrected chi connectivity index (χ1v) is 11.6. The fourth-order valence-corrected chi connectivity index (χ4v) is 4.01. The van der Waals surface area contributed by atoms with Crippen LogP contribution in [-0.2, 0) is 12.8 Å². The van der Waals surface area contributed by atoms with Crippen molar-refractivity contribution in [2.75, 3.05) is 24.6 Å². The highest BCUT2D eigenvalue weighted by molar-refractivity contribution is 5.56. The van der Waals surface area contributed by atoms with Crippen LogP contribution in [0.15, 0.2) is 21.1 Å². The molecule has 0 amide bonds. The fourth-order valence-electron chi connectivity index (χ4n) is 4.01. The highest BCUT2D eigenvalue weighted by Gasteiger charge is 2.23. The minimum atomic E-state index is -0.785. The molecule has 0 radical (unpaired) electrons. The summed E-state index contributed by atoms with van der Waals surface area (Å²) < 4.78 is 45.2. The van der Waals surface area contributed by atoms with E-state index in [1.54, 1.807) is 0 Å². The maximum atomic E-state index is 14.5. The molecule has 8 nitrogen and oxygen atoms in total.